The first-order chi connectivity index (χ1) is 10.2. The van der Waals surface area contributed by atoms with E-state index in [1.54, 1.807) is 0 Å². The summed E-state index contributed by atoms with van der Waals surface area (Å²) in [7, 11) is 0. The van der Waals surface area contributed by atoms with Gasteiger partial charge in [-0.3, -0.25) is 4.79 Å². The molecule has 2 aromatic rings. The minimum Gasteiger partial charge on any atom is -0.313 e. The Hall–Kier alpha value is -1.43. The molecule has 0 spiro atoms. The topological polar surface area (TPSA) is 54.0 Å². The van der Waals surface area contributed by atoms with Crippen LogP contribution in [0.25, 0.3) is 11.3 Å². The maximum Gasteiger partial charge on any atom is 0.227 e. The van der Waals surface area contributed by atoms with Gasteiger partial charge in [-0.15, -0.1) is 23.7 Å². The molecule has 4 nitrogen and oxygen atoms in total. The highest BCUT2D eigenvalue weighted by molar-refractivity contribution is 7.14. The highest BCUT2D eigenvalue weighted by Gasteiger charge is 2.18. The third-order valence-corrected chi connectivity index (χ3v) is 4.52. The van der Waals surface area contributed by atoms with Crippen molar-refractivity contribution in [3.05, 3.63) is 35.2 Å². The fourth-order valence-corrected chi connectivity index (χ4v) is 3.37. The van der Waals surface area contributed by atoms with Gasteiger partial charge in [-0.25, -0.2) is 4.98 Å². The Bertz CT molecular complexity index is 638. The van der Waals surface area contributed by atoms with Crippen molar-refractivity contribution in [3.63, 3.8) is 0 Å². The standard InChI is InChI=1S/C16H19N3OS.ClH/c1-11-5-2-3-7-13(11)14-10-21-16(18-14)19-15(20)9-12-6-4-8-17-12;/h2-3,5,7,10,12,17H,4,6,8-9H2,1H3,(H,18,19,20);1H. The summed E-state index contributed by atoms with van der Waals surface area (Å²) in [5, 5.41) is 8.91. The molecule has 1 unspecified atom stereocenters. The van der Waals surface area contributed by atoms with E-state index in [2.05, 4.69) is 34.7 Å². The predicted molar refractivity (Wildman–Crippen MR) is 93.8 cm³/mol. The van der Waals surface area contributed by atoms with Crippen LogP contribution in [0, 0.1) is 6.92 Å². The van der Waals surface area contributed by atoms with Crippen LogP contribution in [0.3, 0.4) is 0 Å². The van der Waals surface area contributed by atoms with E-state index in [1.807, 2.05) is 17.5 Å². The number of hydrogen-bond acceptors (Lipinski definition) is 4. The lowest BCUT2D eigenvalue weighted by molar-refractivity contribution is -0.116. The zero-order valence-electron chi connectivity index (χ0n) is 12.5. The normalized spacial score (nSPS) is 17.0. The molecule has 3 rings (SSSR count). The third kappa shape index (κ3) is 4.06. The van der Waals surface area contributed by atoms with E-state index >= 15 is 0 Å². The number of amides is 1. The second-order valence-corrected chi connectivity index (χ2v) is 6.26. The van der Waals surface area contributed by atoms with E-state index in [1.165, 1.54) is 16.9 Å². The lowest BCUT2D eigenvalue weighted by Gasteiger charge is -2.08. The number of halogens is 1. The van der Waals surface area contributed by atoms with E-state index in [4.69, 9.17) is 0 Å². The number of thiazole rings is 1. The Morgan fingerprint density at radius 1 is 1.45 bits per heavy atom. The number of carbonyl (C=O) groups is 1. The van der Waals surface area contributed by atoms with Crippen molar-refractivity contribution >= 4 is 34.8 Å². The molecule has 0 bridgehead atoms. The number of hydrogen-bond donors (Lipinski definition) is 2. The molecular weight excluding hydrogens is 318 g/mol. The number of benzene rings is 1. The average Bonchev–Trinajstić information content (AvgIpc) is 3.11. The summed E-state index contributed by atoms with van der Waals surface area (Å²) in [5.74, 6) is 0.0417. The molecule has 1 aromatic heterocycles. The van der Waals surface area contributed by atoms with Gasteiger partial charge in [0, 0.05) is 23.4 Å². The van der Waals surface area contributed by atoms with Crippen LogP contribution < -0.4 is 10.6 Å². The quantitative estimate of drug-likeness (QED) is 0.895. The summed E-state index contributed by atoms with van der Waals surface area (Å²) in [6, 6.07) is 8.46. The highest BCUT2D eigenvalue weighted by Crippen LogP contribution is 2.27. The molecule has 1 saturated heterocycles. The summed E-state index contributed by atoms with van der Waals surface area (Å²) < 4.78 is 0. The van der Waals surface area contributed by atoms with Crippen molar-refractivity contribution in [2.24, 2.45) is 0 Å². The fourth-order valence-electron chi connectivity index (χ4n) is 2.64. The van der Waals surface area contributed by atoms with Crippen molar-refractivity contribution < 1.29 is 4.79 Å². The zero-order valence-corrected chi connectivity index (χ0v) is 14.1. The van der Waals surface area contributed by atoms with Crippen LogP contribution in [0.15, 0.2) is 29.6 Å². The van der Waals surface area contributed by atoms with Gasteiger partial charge in [-0.05, 0) is 31.9 Å². The third-order valence-electron chi connectivity index (χ3n) is 3.77. The molecule has 1 aromatic carbocycles. The number of aromatic nitrogens is 1. The van der Waals surface area contributed by atoms with Gasteiger partial charge in [0.1, 0.15) is 0 Å². The van der Waals surface area contributed by atoms with Crippen molar-refractivity contribution in [3.8, 4) is 11.3 Å². The molecule has 1 fully saturated rings. The molecule has 1 aliphatic rings. The molecule has 1 atom stereocenters. The second kappa shape index (κ2) is 7.72. The van der Waals surface area contributed by atoms with E-state index < -0.39 is 0 Å². The van der Waals surface area contributed by atoms with Gasteiger partial charge in [-0.2, -0.15) is 0 Å². The Morgan fingerprint density at radius 3 is 3.00 bits per heavy atom. The Kier molecular flexibility index (Phi) is 5.94. The van der Waals surface area contributed by atoms with Gasteiger partial charge in [0.15, 0.2) is 5.13 Å². The Morgan fingerprint density at radius 2 is 2.27 bits per heavy atom. The van der Waals surface area contributed by atoms with E-state index in [0.717, 1.165) is 30.6 Å². The fraction of sp³-hybridized carbons (Fsp3) is 0.375. The number of carbonyl (C=O) groups excluding carboxylic acids is 1. The number of nitrogens with zero attached hydrogens (tertiary/aromatic N) is 1. The molecule has 1 amide bonds. The first kappa shape index (κ1) is 16.9. The molecule has 2 heterocycles. The molecule has 0 radical (unpaired) electrons. The molecule has 6 heteroatoms. The van der Waals surface area contributed by atoms with E-state index in [9.17, 15) is 4.79 Å². The SMILES string of the molecule is Cc1ccccc1-c1csc(NC(=O)CC2CCCN2)n1.Cl. The number of rotatable bonds is 4. The van der Waals surface area contributed by atoms with Crippen LogP contribution in [0.1, 0.15) is 24.8 Å². The van der Waals surface area contributed by atoms with Gasteiger partial charge in [0.2, 0.25) is 5.91 Å². The molecule has 22 heavy (non-hydrogen) atoms. The van der Waals surface area contributed by atoms with Crippen molar-refractivity contribution in [1.29, 1.82) is 0 Å². The summed E-state index contributed by atoms with van der Waals surface area (Å²) in [5.41, 5.74) is 3.23. The van der Waals surface area contributed by atoms with Gasteiger partial charge >= 0.3 is 0 Å². The number of aryl methyl sites for hydroxylation is 1. The first-order valence-electron chi connectivity index (χ1n) is 7.27. The summed E-state index contributed by atoms with van der Waals surface area (Å²) in [6.07, 6.45) is 2.77. The molecule has 2 N–H and O–H groups in total. The molecule has 0 saturated carbocycles. The molecular formula is C16H20ClN3OS. The van der Waals surface area contributed by atoms with Gasteiger partial charge in [-0.1, -0.05) is 24.3 Å². The van der Waals surface area contributed by atoms with Gasteiger partial charge < -0.3 is 10.6 Å². The van der Waals surface area contributed by atoms with Crippen LogP contribution in [-0.4, -0.2) is 23.5 Å². The van der Waals surface area contributed by atoms with Crippen molar-refractivity contribution in [2.75, 3.05) is 11.9 Å². The smallest absolute Gasteiger partial charge is 0.227 e. The second-order valence-electron chi connectivity index (χ2n) is 5.40. The van der Waals surface area contributed by atoms with Crippen LogP contribution in [-0.2, 0) is 4.79 Å². The maximum atomic E-state index is 12.0. The Balaban J connectivity index is 0.00000176. The minimum absolute atomic E-state index is 0. The first-order valence-corrected chi connectivity index (χ1v) is 8.15. The summed E-state index contributed by atoms with van der Waals surface area (Å²) >= 11 is 1.48. The Labute approximate surface area is 140 Å². The largest absolute Gasteiger partial charge is 0.313 e. The van der Waals surface area contributed by atoms with Crippen LogP contribution >= 0.6 is 23.7 Å². The molecule has 0 aliphatic carbocycles. The minimum atomic E-state index is 0. The predicted octanol–water partition coefficient (Wildman–Crippen LogP) is 3.62. The number of nitrogens with one attached hydrogen (secondary N) is 2. The maximum absolute atomic E-state index is 12.0. The van der Waals surface area contributed by atoms with Crippen molar-refractivity contribution in [2.45, 2.75) is 32.2 Å². The van der Waals surface area contributed by atoms with Crippen molar-refractivity contribution in [1.82, 2.24) is 10.3 Å². The summed E-state index contributed by atoms with van der Waals surface area (Å²) in [6.45, 7) is 3.09. The molecule has 118 valence electrons. The van der Waals surface area contributed by atoms with E-state index in [0.29, 0.717) is 17.6 Å². The van der Waals surface area contributed by atoms with Crippen LogP contribution in [0.5, 0.6) is 0 Å². The lowest BCUT2D eigenvalue weighted by Crippen LogP contribution is -2.27. The van der Waals surface area contributed by atoms with Gasteiger partial charge in [0.25, 0.3) is 0 Å². The average molecular weight is 338 g/mol. The molecule has 1 aliphatic heterocycles. The van der Waals surface area contributed by atoms with E-state index in [-0.39, 0.29) is 18.3 Å². The van der Waals surface area contributed by atoms with Crippen LogP contribution in [0.2, 0.25) is 0 Å². The van der Waals surface area contributed by atoms with Gasteiger partial charge in [0.05, 0.1) is 5.69 Å². The monoisotopic (exact) mass is 337 g/mol. The summed E-state index contributed by atoms with van der Waals surface area (Å²) in [4.78, 5) is 16.5. The van der Waals surface area contributed by atoms with Crippen LogP contribution in [0.4, 0.5) is 5.13 Å². The zero-order chi connectivity index (χ0) is 14.7. The number of anilines is 1. The lowest BCUT2D eigenvalue weighted by atomic mass is 10.1. The highest BCUT2D eigenvalue weighted by atomic mass is 35.5.